The van der Waals surface area contributed by atoms with Crippen LogP contribution in [0, 0.1) is 0 Å². The van der Waals surface area contributed by atoms with Crippen molar-refractivity contribution in [3.05, 3.63) is 0 Å². The number of alkyl halides is 2. The van der Waals surface area contributed by atoms with Crippen LogP contribution in [0.25, 0.3) is 0 Å². The number of halogens is 2. The van der Waals surface area contributed by atoms with Crippen LogP contribution in [-0.2, 0) is 9.53 Å². The van der Waals surface area contributed by atoms with Crippen LogP contribution in [0.2, 0.25) is 0 Å². The van der Waals surface area contributed by atoms with E-state index in [1.165, 1.54) is 0 Å². The zero-order valence-electron chi connectivity index (χ0n) is 8.53. The zero-order valence-corrected chi connectivity index (χ0v) is 8.53. The quantitative estimate of drug-likeness (QED) is 0.372. The highest BCUT2D eigenvalue weighted by molar-refractivity contribution is 5.79. The predicted octanol–water partition coefficient (Wildman–Crippen LogP) is -2.83. The van der Waals surface area contributed by atoms with E-state index < -0.39 is 49.6 Å². The summed E-state index contributed by atoms with van der Waals surface area (Å²) in [7, 11) is 0. The van der Waals surface area contributed by atoms with Gasteiger partial charge in [0.1, 0.15) is 24.4 Å². The molecule has 1 amide bonds. The lowest BCUT2D eigenvalue weighted by Crippen LogP contribution is -2.64. The van der Waals surface area contributed by atoms with E-state index in [-0.39, 0.29) is 0 Å². The van der Waals surface area contributed by atoms with Crippen molar-refractivity contribution in [2.24, 2.45) is 0 Å². The summed E-state index contributed by atoms with van der Waals surface area (Å²) in [4.78, 5) is 10.7. The molecule has 1 fully saturated rings. The molecule has 0 aromatic heterocycles. The minimum absolute atomic E-state index is 0.676. The fraction of sp³-hybridized carbons (Fsp3) is 0.875. The number of hydrogen-bond acceptors (Lipinski definition) is 6. The fourth-order valence-corrected chi connectivity index (χ4v) is 1.48. The van der Waals surface area contributed by atoms with Gasteiger partial charge in [-0.15, -0.1) is 0 Å². The largest absolute Gasteiger partial charge is 0.394 e. The van der Waals surface area contributed by atoms with Gasteiger partial charge in [0.05, 0.1) is 6.61 Å². The Bertz CT molecular complexity index is 279. The van der Waals surface area contributed by atoms with Gasteiger partial charge in [-0.25, -0.2) is 0 Å². The van der Waals surface area contributed by atoms with Gasteiger partial charge in [0.25, 0.3) is 5.91 Å². The first-order chi connectivity index (χ1) is 7.88. The third-order valence-electron chi connectivity index (χ3n) is 2.41. The summed E-state index contributed by atoms with van der Waals surface area (Å²) in [5.74, 6) is -1.70. The highest BCUT2D eigenvalue weighted by Crippen LogP contribution is 2.19. The average molecular weight is 257 g/mol. The molecule has 0 saturated carbocycles. The summed E-state index contributed by atoms with van der Waals surface area (Å²) in [5.41, 5.74) is 0. The molecule has 5 atom stereocenters. The van der Waals surface area contributed by atoms with Crippen molar-refractivity contribution >= 4 is 5.91 Å². The number of ether oxygens (including phenoxy) is 1. The molecular formula is C8H13F2NO6. The molecule has 0 aromatic carbocycles. The van der Waals surface area contributed by atoms with Crippen molar-refractivity contribution in [3.63, 3.8) is 0 Å². The molecule has 1 rings (SSSR count). The summed E-state index contributed by atoms with van der Waals surface area (Å²) >= 11 is 0. The van der Waals surface area contributed by atoms with Crippen LogP contribution in [0.5, 0.6) is 0 Å². The molecule has 1 saturated heterocycles. The van der Waals surface area contributed by atoms with Crippen molar-refractivity contribution in [1.29, 1.82) is 0 Å². The lowest BCUT2D eigenvalue weighted by atomic mass is 9.97. The third kappa shape index (κ3) is 3.07. The Morgan fingerprint density at radius 3 is 2.35 bits per heavy atom. The molecule has 5 N–H and O–H groups in total. The molecule has 0 spiro atoms. The highest BCUT2D eigenvalue weighted by atomic mass is 19.3. The van der Waals surface area contributed by atoms with Gasteiger partial charge in [-0.1, -0.05) is 0 Å². The molecule has 0 aromatic rings. The molecule has 1 unspecified atom stereocenters. The van der Waals surface area contributed by atoms with Gasteiger partial charge in [-0.05, 0) is 0 Å². The van der Waals surface area contributed by atoms with Crippen molar-refractivity contribution in [2.45, 2.75) is 37.1 Å². The SMILES string of the molecule is O=C(N[C@H]1C(O)O[C@H](CO)[C@@H](O)[C@@H]1O)C(F)F. The molecule has 0 bridgehead atoms. The smallest absolute Gasteiger partial charge is 0.315 e. The van der Waals surface area contributed by atoms with Crippen LogP contribution in [-0.4, -0.2) is 70.0 Å². The topological polar surface area (TPSA) is 119 Å². The minimum atomic E-state index is -3.32. The maximum Gasteiger partial charge on any atom is 0.315 e. The van der Waals surface area contributed by atoms with E-state index in [1.807, 2.05) is 0 Å². The van der Waals surface area contributed by atoms with E-state index in [1.54, 1.807) is 5.32 Å². The van der Waals surface area contributed by atoms with Crippen LogP contribution in [0.4, 0.5) is 8.78 Å². The van der Waals surface area contributed by atoms with Gasteiger partial charge >= 0.3 is 6.43 Å². The van der Waals surface area contributed by atoms with Crippen LogP contribution in [0.1, 0.15) is 0 Å². The van der Waals surface area contributed by atoms with Crippen molar-refractivity contribution in [2.75, 3.05) is 6.61 Å². The summed E-state index contributed by atoms with van der Waals surface area (Å²) in [6, 6.07) is -1.59. The minimum Gasteiger partial charge on any atom is -0.394 e. The van der Waals surface area contributed by atoms with Gasteiger partial charge in [0.2, 0.25) is 0 Å². The predicted molar refractivity (Wildman–Crippen MR) is 47.9 cm³/mol. The Hall–Kier alpha value is -0.870. The first-order valence-electron chi connectivity index (χ1n) is 4.77. The molecule has 100 valence electrons. The Morgan fingerprint density at radius 1 is 1.29 bits per heavy atom. The molecule has 0 aliphatic carbocycles. The first-order valence-corrected chi connectivity index (χ1v) is 4.77. The first kappa shape index (κ1) is 14.2. The highest BCUT2D eigenvalue weighted by Gasteiger charge is 2.44. The van der Waals surface area contributed by atoms with Crippen molar-refractivity contribution in [3.8, 4) is 0 Å². The summed E-state index contributed by atoms with van der Waals surface area (Å²) in [5, 5.41) is 38.6. The fourth-order valence-electron chi connectivity index (χ4n) is 1.48. The second-order valence-corrected chi connectivity index (χ2v) is 3.56. The van der Waals surface area contributed by atoms with Crippen LogP contribution in [0.15, 0.2) is 0 Å². The zero-order chi connectivity index (χ0) is 13.2. The Kier molecular flexibility index (Phi) is 4.71. The van der Waals surface area contributed by atoms with E-state index in [0.29, 0.717) is 0 Å². The van der Waals surface area contributed by atoms with E-state index >= 15 is 0 Å². The average Bonchev–Trinajstić information content (AvgIpc) is 2.28. The molecular weight excluding hydrogens is 244 g/mol. The van der Waals surface area contributed by atoms with E-state index in [0.717, 1.165) is 0 Å². The molecule has 17 heavy (non-hydrogen) atoms. The molecule has 9 heteroatoms. The molecule has 7 nitrogen and oxygen atoms in total. The van der Waals surface area contributed by atoms with Crippen LogP contribution in [0.3, 0.4) is 0 Å². The second-order valence-electron chi connectivity index (χ2n) is 3.56. The van der Waals surface area contributed by atoms with E-state index in [9.17, 15) is 28.9 Å². The standard InChI is InChI=1S/C8H13F2NO6/c9-6(10)7(15)11-3-5(14)4(13)2(1-12)17-8(3)16/h2-6,8,12-14,16H,1H2,(H,11,15)/t2-,3-,4-,5-,8?/m1/s1. The van der Waals surface area contributed by atoms with Gasteiger partial charge < -0.3 is 30.5 Å². The third-order valence-corrected chi connectivity index (χ3v) is 2.41. The molecule has 0 radical (unpaired) electrons. The monoisotopic (exact) mass is 257 g/mol. The summed E-state index contributed by atoms with van der Waals surface area (Å²) < 4.78 is 28.6. The lowest BCUT2D eigenvalue weighted by Gasteiger charge is -2.40. The summed E-state index contributed by atoms with van der Waals surface area (Å²) in [6.07, 6.45) is -9.69. The molecule has 1 aliphatic heterocycles. The molecule has 1 aliphatic rings. The molecule has 1 heterocycles. The van der Waals surface area contributed by atoms with Crippen LogP contribution >= 0.6 is 0 Å². The van der Waals surface area contributed by atoms with Gasteiger partial charge in [-0.3, -0.25) is 4.79 Å². The Labute approximate surface area is 94.6 Å². The number of nitrogens with one attached hydrogen (secondary N) is 1. The number of amides is 1. The Morgan fingerprint density at radius 2 is 1.88 bits per heavy atom. The van der Waals surface area contributed by atoms with Crippen molar-refractivity contribution in [1.82, 2.24) is 5.32 Å². The number of carbonyl (C=O) groups excluding carboxylic acids is 1. The summed E-state index contributed by atoms with van der Waals surface area (Å²) in [6.45, 7) is -0.676. The number of aliphatic hydroxyl groups is 4. The van der Waals surface area contributed by atoms with E-state index in [2.05, 4.69) is 4.74 Å². The van der Waals surface area contributed by atoms with Crippen LogP contribution < -0.4 is 5.32 Å². The number of aliphatic hydroxyl groups excluding tert-OH is 4. The van der Waals surface area contributed by atoms with Crippen molar-refractivity contribution < 1.29 is 38.7 Å². The van der Waals surface area contributed by atoms with Gasteiger partial charge in [0.15, 0.2) is 6.29 Å². The normalized spacial score (nSPS) is 38.2. The number of hydrogen-bond donors (Lipinski definition) is 5. The van der Waals surface area contributed by atoms with Gasteiger partial charge in [0, 0.05) is 0 Å². The second kappa shape index (κ2) is 5.65. The number of rotatable bonds is 3. The van der Waals surface area contributed by atoms with E-state index in [4.69, 9.17) is 5.11 Å². The Balaban J connectivity index is 2.69. The maximum atomic E-state index is 12.0. The maximum absolute atomic E-state index is 12.0. The lowest BCUT2D eigenvalue weighted by molar-refractivity contribution is -0.254. The van der Waals surface area contributed by atoms with Gasteiger partial charge in [-0.2, -0.15) is 8.78 Å². The number of carbonyl (C=O) groups is 1.